The monoisotopic (exact) mass is 601 g/mol. The second-order valence-corrected chi connectivity index (χ2v) is 14.3. The number of benzene rings is 2. The van der Waals surface area contributed by atoms with E-state index < -0.39 is 5.60 Å². The molecular weight excluding hydrogens is 550 g/mol. The lowest BCUT2D eigenvalue weighted by Gasteiger charge is -2.38. The minimum Gasteiger partial charge on any atom is -0.444 e. The zero-order valence-corrected chi connectivity index (χ0v) is 27.6. The van der Waals surface area contributed by atoms with Gasteiger partial charge in [0.2, 0.25) is 0 Å². The number of piperidine rings is 1. The Morgan fingerprint density at radius 2 is 1.55 bits per heavy atom. The molecule has 238 valence electrons. The van der Waals surface area contributed by atoms with E-state index in [0.29, 0.717) is 31.0 Å². The maximum atomic E-state index is 12.8. The first-order valence-electron chi connectivity index (χ1n) is 16.7. The first-order chi connectivity index (χ1) is 21.1. The molecule has 6 rings (SSSR count). The molecule has 0 radical (unpaired) electrons. The Bertz CT molecular complexity index is 1440. The number of rotatable bonds is 5. The fourth-order valence-electron chi connectivity index (χ4n) is 7.19. The predicted molar refractivity (Wildman–Crippen MR) is 178 cm³/mol. The highest BCUT2D eigenvalue weighted by molar-refractivity contribution is 5.87. The Morgan fingerprint density at radius 1 is 0.886 bits per heavy atom. The molecule has 1 amide bonds. The molecule has 0 bridgehead atoms. The number of amides is 1. The van der Waals surface area contributed by atoms with E-state index in [1.165, 1.54) is 33.7 Å². The van der Waals surface area contributed by atoms with Crippen LogP contribution in [0.15, 0.2) is 36.4 Å². The van der Waals surface area contributed by atoms with Crippen LogP contribution in [0.1, 0.15) is 83.5 Å². The van der Waals surface area contributed by atoms with Crippen molar-refractivity contribution in [2.45, 2.75) is 83.8 Å². The second-order valence-electron chi connectivity index (χ2n) is 14.3. The van der Waals surface area contributed by atoms with Crippen molar-refractivity contribution in [2.75, 3.05) is 57.4 Å². The number of hydrogen-bond donors (Lipinski definition) is 0. The maximum Gasteiger partial charge on any atom is 0.410 e. The molecule has 44 heavy (non-hydrogen) atoms. The van der Waals surface area contributed by atoms with Crippen LogP contribution in [0.3, 0.4) is 0 Å². The van der Waals surface area contributed by atoms with Gasteiger partial charge in [0.25, 0.3) is 0 Å². The number of carbonyl (C=O) groups excluding carboxylic acids is 1. The number of aromatic nitrogens is 2. The van der Waals surface area contributed by atoms with E-state index in [4.69, 9.17) is 14.5 Å². The predicted octanol–water partition coefficient (Wildman–Crippen LogP) is 6.78. The normalized spacial score (nSPS) is 19.7. The Balaban J connectivity index is 1.29. The molecule has 2 aromatic carbocycles. The molecule has 8 nitrogen and oxygen atoms in total. The van der Waals surface area contributed by atoms with Crippen LogP contribution in [0, 0.1) is 0 Å². The SMILES string of the molecule is CC(C)N1CCN(c2ccc(-c3cc(C4CCN(C(=O)OC(C)(C)C)CC4)c4nc(C5CCOCC5)n(C)c4c3)cc2)CC1. The topological polar surface area (TPSA) is 63.1 Å². The van der Waals surface area contributed by atoms with Gasteiger partial charge in [0, 0.05) is 77.2 Å². The summed E-state index contributed by atoms with van der Waals surface area (Å²) in [6.45, 7) is 17.7. The number of likely N-dealkylation sites (tertiary alicyclic amines) is 1. The zero-order valence-electron chi connectivity index (χ0n) is 27.6. The van der Waals surface area contributed by atoms with Gasteiger partial charge in [-0.1, -0.05) is 12.1 Å². The van der Waals surface area contributed by atoms with Gasteiger partial charge in [-0.25, -0.2) is 9.78 Å². The number of ether oxygens (including phenoxy) is 2. The van der Waals surface area contributed by atoms with Gasteiger partial charge in [-0.15, -0.1) is 0 Å². The third kappa shape index (κ3) is 6.62. The molecule has 3 aromatic rings. The molecule has 0 spiro atoms. The molecule has 0 saturated carbocycles. The van der Waals surface area contributed by atoms with Crippen molar-refractivity contribution < 1.29 is 14.3 Å². The highest BCUT2D eigenvalue weighted by Crippen LogP contribution is 2.39. The second kappa shape index (κ2) is 12.7. The summed E-state index contributed by atoms with van der Waals surface area (Å²) in [5, 5.41) is 0. The molecule has 0 aliphatic carbocycles. The van der Waals surface area contributed by atoms with E-state index in [9.17, 15) is 4.79 Å². The number of aryl methyl sites for hydroxylation is 1. The number of piperazine rings is 1. The Hall–Kier alpha value is -3.10. The number of nitrogens with zero attached hydrogens (tertiary/aromatic N) is 5. The van der Waals surface area contributed by atoms with Gasteiger partial charge in [0.15, 0.2) is 0 Å². The molecule has 8 heteroatoms. The molecule has 3 aliphatic heterocycles. The molecule has 0 unspecified atom stereocenters. The Kier molecular flexibility index (Phi) is 8.93. The van der Waals surface area contributed by atoms with E-state index in [-0.39, 0.29) is 6.09 Å². The van der Waals surface area contributed by atoms with Crippen molar-refractivity contribution in [3.63, 3.8) is 0 Å². The molecular formula is C36H51N5O3. The van der Waals surface area contributed by atoms with Gasteiger partial charge in [-0.05, 0) is 107 Å². The highest BCUT2D eigenvalue weighted by Gasteiger charge is 2.30. The summed E-state index contributed by atoms with van der Waals surface area (Å²) in [5.41, 5.74) is 6.91. The molecule has 1 aromatic heterocycles. The van der Waals surface area contributed by atoms with Gasteiger partial charge < -0.3 is 23.8 Å². The standard InChI is InChI=1S/C36H51N5O3/c1-25(2)39-17-19-40(20-18-39)30-9-7-26(8-10-30)29-23-31(27-11-15-41(16-12-27)35(42)44-36(3,4)5)33-32(24-29)38(6)34(37-33)28-13-21-43-22-14-28/h7-10,23-25,27-28H,11-22H2,1-6H3. The van der Waals surface area contributed by atoms with Crippen LogP contribution < -0.4 is 4.90 Å². The van der Waals surface area contributed by atoms with Crippen LogP contribution in [0.4, 0.5) is 10.5 Å². The van der Waals surface area contributed by atoms with E-state index in [1.807, 2.05) is 25.7 Å². The quantitative estimate of drug-likeness (QED) is 0.321. The molecule has 0 N–H and O–H groups in total. The van der Waals surface area contributed by atoms with Gasteiger partial charge in [0.1, 0.15) is 11.4 Å². The van der Waals surface area contributed by atoms with Crippen molar-refractivity contribution in [2.24, 2.45) is 7.05 Å². The Labute approximate surface area is 263 Å². The summed E-state index contributed by atoms with van der Waals surface area (Å²) in [7, 11) is 2.18. The summed E-state index contributed by atoms with van der Waals surface area (Å²) >= 11 is 0. The maximum absolute atomic E-state index is 12.8. The van der Waals surface area contributed by atoms with Crippen molar-refractivity contribution in [1.29, 1.82) is 0 Å². The first-order valence-corrected chi connectivity index (χ1v) is 16.7. The summed E-state index contributed by atoms with van der Waals surface area (Å²) in [6.07, 6.45) is 3.63. The van der Waals surface area contributed by atoms with E-state index in [0.717, 1.165) is 70.6 Å². The van der Waals surface area contributed by atoms with Gasteiger partial charge in [0.05, 0.1) is 11.0 Å². The average molecular weight is 602 g/mol. The lowest BCUT2D eigenvalue weighted by molar-refractivity contribution is 0.0205. The van der Waals surface area contributed by atoms with Crippen molar-refractivity contribution in [3.05, 3.63) is 47.8 Å². The number of carbonyl (C=O) groups is 1. The third-order valence-electron chi connectivity index (χ3n) is 9.83. The van der Waals surface area contributed by atoms with Crippen LogP contribution >= 0.6 is 0 Å². The van der Waals surface area contributed by atoms with E-state index in [1.54, 1.807) is 0 Å². The van der Waals surface area contributed by atoms with Crippen molar-refractivity contribution >= 4 is 22.8 Å². The van der Waals surface area contributed by atoms with Gasteiger partial charge >= 0.3 is 6.09 Å². The van der Waals surface area contributed by atoms with Crippen molar-refractivity contribution in [3.8, 4) is 11.1 Å². The van der Waals surface area contributed by atoms with Gasteiger partial charge in [-0.3, -0.25) is 4.90 Å². The van der Waals surface area contributed by atoms with Crippen LogP contribution in [0.5, 0.6) is 0 Å². The van der Waals surface area contributed by atoms with E-state index in [2.05, 4.69) is 71.7 Å². The van der Waals surface area contributed by atoms with Crippen molar-refractivity contribution in [1.82, 2.24) is 19.4 Å². The lowest BCUT2D eigenvalue weighted by atomic mass is 9.86. The molecule has 3 saturated heterocycles. The fourth-order valence-corrected chi connectivity index (χ4v) is 7.19. The first kappa shape index (κ1) is 30.9. The van der Waals surface area contributed by atoms with Gasteiger partial charge in [-0.2, -0.15) is 0 Å². The molecule has 3 aliphatic rings. The summed E-state index contributed by atoms with van der Waals surface area (Å²) < 4.78 is 13.7. The smallest absolute Gasteiger partial charge is 0.410 e. The molecule has 4 heterocycles. The minimum absolute atomic E-state index is 0.208. The summed E-state index contributed by atoms with van der Waals surface area (Å²) in [4.78, 5) is 25.1. The van der Waals surface area contributed by atoms with Crippen LogP contribution in [0.2, 0.25) is 0 Å². The fraction of sp³-hybridized carbons (Fsp3) is 0.611. The van der Waals surface area contributed by atoms with E-state index >= 15 is 0 Å². The number of fused-ring (bicyclic) bond motifs is 1. The summed E-state index contributed by atoms with van der Waals surface area (Å²) in [5.74, 6) is 1.93. The van der Waals surface area contributed by atoms with Crippen LogP contribution in [0.25, 0.3) is 22.2 Å². The third-order valence-corrected chi connectivity index (χ3v) is 9.83. The number of anilines is 1. The highest BCUT2D eigenvalue weighted by atomic mass is 16.6. The zero-order chi connectivity index (χ0) is 31.0. The summed E-state index contributed by atoms with van der Waals surface area (Å²) in [6, 6.07) is 14.5. The number of hydrogen-bond acceptors (Lipinski definition) is 6. The largest absolute Gasteiger partial charge is 0.444 e. The lowest BCUT2D eigenvalue weighted by Crippen LogP contribution is -2.48. The average Bonchev–Trinajstić information content (AvgIpc) is 3.36. The number of imidazole rings is 1. The van der Waals surface area contributed by atoms with Crippen LogP contribution in [-0.4, -0.2) is 89.6 Å². The molecule has 0 atom stereocenters. The minimum atomic E-state index is -0.485. The van der Waals surface area contributed by atoms with Crippen LogP contribution in [-0.2, 0) is 16.5 Å². The molecule has 3 fully saturated rings. The Morgan fingerprint density at radius 3 is 2.16 bits per heavy atom.